The van der Waals surface area contributed by atoms with E-state index in [1.54, 1.807) is 0 Å². The molecule has 30 heavy (non-hydrogen) atoms. The van der Waals surface area contributed by atoms with Gasteiger partial charge in [-0.2, -0.15) is 0 Å². The van der Waals surface area contributed by atoms with Gasteiger partial charge < -0.3 is 19.8 Å². The Morgan fingerprint density at radius 3 is 1.23 bits per heavy atom. The van der Waals surface area contributed by atoms with Gasteiger partial charge in [-0.1, -0.05) is 46.0 Å². The molecule has 4 heteroatoms. The highest BCUT2D eigenvalue weighted by Crippen LogP contribution is 2.10. The minimum Gasteiger partial charge on any atom is -0.396 e. The second-order valence-corrected chi connectivity index (χ2v) is 9.49. The lowest BCUT2D eigenvalue weighted by Gasteiger charge is -2.26. The monoisotopic (exact) mass is 425 g/mol. The first-order valence-electron chi connectivity index (χ1n) is 13.6. The molecular weight excluding hydrogens is 370 g/mol. The van der Waals surface area contributed by atoms with Crippen molar-refractivity contribution in [3.63, 3.8) is 0 Å². The van der Waals surface area contributed by atoms with Gasteiger partial charge in [0, 0.05) is 13.2 Å². The summed E-state index contributed by atoms with van der Waals surface area (Å²) in [4.78, 5) is 7.64. The Morgan fingerprint density at radius 1 is 0.467 bits per heavy atom. The predicted molar refractivity (Wildman–Crippen MR) is 132 cm³/mol. The summed E-state index contributed by atoms with van der Waals surface area (Å²) in [6.45, 7) is 16.6. The maximum atomic E-state index is 8.57. The topological polar surface area (TPSA) is 30.0 Å². The minimum absolute atomic E-state index is 0.344. The predicted octanol–water partition coefficient (Wildman–Crippen LogP) is 5.40. The molecule has 0 amide bonds. The number of aliphatic hydroxyl groups excluding tert-OH is 1. The summed E-state index contributed by atoms with van der Waals surface area (Å²) in [7, 11) is 0. The summed E-state index contributed by atoms with van der Waals surface area (Å²) in [5, 5.41) is 8.57. The smallest absolute Gasteiger partial charge is 0.0443 e. The summed E-state index contributed by atoms with van der Waals surface area (Å²) < 4.78 is 0. The average Bonchev–Trinajstić information content (AvgIpc) is 2.81. The Bertz CT molecular complexity index is 332. The minimum atomic E-state index is 0.344. The quantitative estimate of drug-likeness (QED) is 0.501. The Kier molecular flexibility index (Phi) is 19.3. The number of likely N-dealkylation sites (tertiary alicyclic amines) is 3. The number of unbranched alkanes of at least 4 members (excludes halogenated alkanes) is 2. The van der Waals surface area contributed by atoms with Crippen molar-refractivity contribution in [2.24, 2.45) is 0 Å². The number of aliphatic hydroxyl groups is 1. The molecule has 3 fully saturated rings. The Balaban J connectivity index is 0.000000226. The molecule has 0 atom stereocenters. The highest BCUT2D eigenvalue weighted by molar-refractivity contribution is 4.65. The van der Waals surface area contributed by atoms with Gasteiger partial charge >= 0.3 is 0 Å². The van der Waals surface area contributed by atoms with Crippen LogP contribution in [0.5, 0.6) is 0 Å². The highest BCUT2D eigenvalue weighted by atomic mass is 16.3. The third-order valence-electron chi connectivity index (χ3n) is 6.60. The van der Waals surface area contributed by atoms with Crippen LogP contribution in [-0.4, -0.2) is 85.3 Å². The Labute approximate surface area is 189 Å². The van der Waals surface area contributed by atoms with E-state index in [-0.39, 0.29) is 0 Å². The van der Waals surface area contributed by atoms with Crippen LogP contribution in [0.3, 0.4) is 0 Å². The first-order valence-corrected chi connectivity index (χ1v) is 13.6. The molecular formula is C26H55N3O. The lowest BCUT2D eigenvalue weighted by Crippen LogP contribution is -2.30. The molecule has 3 saturated heterocycles. The van der Waals surface area contributed by atoms with Gasteiger partial charge in [-0.15, -0.1) is 0 Å². The molecule has 3 aliphatic heterocycles. The zero-order valence-electron chi connectivity index (χ0n) is 20.8. The molecule has 3 aliphatic rings. The second-order valence-electron chi connectivity index (χ2n) is 9.49. The van der Waals surface area contributed by atoms with Gasteiger partial charge in [0.25, 0.3) is 0 Å². The van der Waals surface area contributed by atoms with E-state index < -0.39 is 0 Å². The summed E-state index contributed by atoms with van der Waals surface area (Å²) >= 11 is 0. The molecule has 0 aromatic rings. The molecule has 0 aromatic heterocycles. The fraction of sp³-hybridized carbons (Fsp3) is 1.00. The zero-order valence-corrected chi connectivity index (χ0v) is 20.8. The molecule has 1 N–H and O–H groups in total. The summed E-state index contributed by atoms with van der Waals surface area (Å²) in [5.41, 5.74) is 0. The number of nitrogens with zero attached hydrogens (tertiary/aromatic N) is 3. The molecule has 0 saturated carbocycles. The Morgan fingerprint density at radius 2 is 0.867 bits per heavy atom. The molecule has 0 spiro atoms. The molecule has 0 aliphatic carbocycles. The van der Waals surface area contributed by atoms with Crippen molar-refractivity contribution in [1.82, 2.24) is 14.7 Å². The van der Waals surface area contributed by atoms with Crippen LogP contribution in [0.2, 0.25) is 0 Å². The Hall–Kier alpha value is -0.160. The number of piperidine rings is 3. The number of rotatable bonds is 9. The summed E-state index contributed by atoms with van der Waals surface area (Å²) in [6.07, 6.45) is 19.2. The van der Waals surface area contributed by atoms with E-state index in [4.69, 9.17) is 5.11 Å². The van der Waals surface area contributed by atoms with Crippen molar-refractivity contribution in [3.8, 4) is 0 Å². The molecule has 3 rings (SSSR count). The van der Waals surface area contributed by atoms with Gasteiger partial charge in [-0.05, 0) is 110 Å². The van der Waals surface area contributed by atoms with Crippen molar-refractivity contribution in [1.29, 1.82) is 0 Å². The molecule has 0 radical (unpaired) electrons. The van der Waals surface area contributed by atoms with Gasteiger partial charge in [0.05, 0.1) is 0 Å². The van der Waals surface area contributed by atoms with Crippen LogP contribution in [0, 0.1) is 0 Å². The SMILES string of the molecule is CCCCCN1CCCCC1.CCCN1CCCCC1.OCCCN1CCCCC1. The molecule has 0 unspecified atom stereocenters. The van der Waals surface area contributed by atoms with E-state index in [9.17, 15) is 0 Å². The average molecular weight is 426 g/mol. The van der Waals surface area contributed by atoms with Gasteiger partial charge in [-0.25, -0.2) is 0 Å². The maximum Gasteiger partial charge on any atom is 0.0443 e. The van der Waals surface area contributed by atoms with Crippen molar-refractivity contribution in [2.75, 3.05) is 65.5 Å². The van der Waals surface area contributed by atoms with E-state index in [1.165, 1.54) is 136 Å². The van der Waals surface area contributed by atoms with E-state index in [0.29, 0.717) is 6.61 Å². The fourth-order valence-electron chi connectivity index (χ4n) is 4.74. The van der Waals surface area contributed by atoms with Crippen LogP contribution >= 0.6 is 0 Å². The second kappa shape index (κ2) is 20.7. The van der Waals surface area contributed by atoms with Crippen molar-refractivity contribution in [3.05, 3.63) is 0 Å². The largest absolute Gasteiger partial charge is 0.396 e. The number of hydrogen-bond acceptors (Lipinski definition) is 4. The standard InChI is InChI=1S/C10H21N.C8H17NO.C8H17N/c1-2-3-5-8-11-9-6-4-7-10-11;10-8-4-7-9-5-2-1-3-6-9;1-2-6-9-7-4-3-5-8-9/h2-10H2,1H3;10H,1-8H2;2-8H2,1H3. The summed E-state index contributed by atoms with van der Waals surface area (Å²) in [6, 6.07) is 0. The van der Waals surface area contributed by atoms with Crippen molar-refractivity contribution in [2.45, 2.75) is 104 Å². The van der Waals surface area contributed by atoms with E-state index in [1.807, 2.05) is 0 Å². The van der Waals surface area contributed by atoms with Crippen LogP contribution in [-0.2, 0) is 0 Å². The van der Waals surface area contributed by atoms with E-state index >= 15 is 0 Å². The van der Waals surface area contributed by atoms with Crippen LogP contribution in [0.25, 0.3) is 0 Å². The van der Waals surface area contributed by atoms with Crippen LogP contribution in [0.4, 0.5) is 0 Å². The molecule has 0 bridgehead atoms. The van der Waals surface area contributed by atoms with Crippen LogP contribution in [0.1, 0.15) is 104 Å². The van der Waals surface area contributed by atoms with Crippen molar-refractivity contribution >= 4 is 0 Å². The van der Waals surface area contributed by atoms with Gasteiger partial charge in [-0.3, -0.25) is 0 Å². The fourth-order valence-corrected chi connectivity index (χ4v) is 4.74. The molecule has 0 aromatic carbocycles. The lowest BCUT2D eigenvalue weighted by atomic mass is 10.1. The number of hydrogen-bond donors (Lipinski definition) is 1. The lowest BCUT2D eigenvalue weighted by molar-refractivity contribution is 0.198. The molecule has 180 valence electrons. The normalized spacial score (nSPS) is 21.3. The highest BCUT2D eigenvalue weighted by Gasteiger charge is 2.09. The third kappa shape index (κ3) is 15.6. The van der Waals surface area contributed by atoms with Crippen molar-refractivity contribution < 1.29 is 5.11 Å². The third-order valence-corrected chi connectivity index (χ3v) is 6.60. The van der Waals surface area contributed by atoms with Crippen LogP contribution < -0.4 is 0 Å². The van der Waals surface area contributed by atoms with Gasteiger partial charge in [0.2, 0.25) is 0 Å². The maximum absolute atomic E-state index is 8.57. The summed E-state index contributed by atoms with van der Waals surface area (Å²) in [5.74, 6) is 0. The van der Waals surface area contributed by atoms with E-state index in [2.05, 4.69) is 28.5 Å². The molecule has 4 nitrogen and oxygen atoms in total. The van der Waals surface area contributed by atoms with E-state index in [0.717, 1.165) is 13.0 Å². The first-order chi connectivity index (χ1) is 14.8. The van der Waals surface area contributed by atoms with Gasteiger partial charge in [0.15, 0.2) is 0 Å². The first kappa shape index (κ1) is 27.9. The van der Waals surface area contributed by atoms with Gasteiger partial charge in [0.1, 0.15) is 0 Å². The molecule has 3 heterocycles. The van der Waals surface area contributed by atoms with Crippen LogP contribution in [0.15, 0.2) is 0 Å². The zero-order chi connectivity index (χ0) is 21.7.